The number of aromatic nitrogens is 2. The van der Waals surface area contributed by atoms with Crippen molar-refractivity contribution in [2.75, 3.05) is 25.0 Å². The predicted octanol–water partition coefficient (Wildman–Crippen LogP) is 1.09. The van der Waals surface area contributed by atoms with Crippen LogP contribution in [0.5, 0.6) is 0 Å². The Morgan fingerprint density at radius 2 is 2.36 bits per heavy atom. The molecular weight excluding hydrogens is 196 g/mol. The summed E-state index contributed by atoms with van der Waals surface area (Å²) in [5.74, 6) is 0.951. The van der Waals surface area contributed by atoms with E-state index in [1.54, 1.807) is 0 Å². The van der Waals surface area contributed by atoms with Crippen molar-refractivity contribution in [1.82, 2.24) is 9.36 Å². The van der Waals surface area contributed by atoms with Gasteiger partial charge in [0.15, 0.2) is 0 Å². The first-order valence-electron chi connectivity index (χ1n) is 4.44. The van der Waals surface area contributed by atoms with E-state index in [9.17, 15) is 0 Å². The van der Waals surface area contributed by atoms with Gasteiger partial charge in [-0.1, -0.05) is 0 Å². The quantitative estimate of drug-likeness (QED) is 0.820. The van der Waals surface area contributed by atoms with E-state index in [4.69, 9.17) is 5.73 Å². The van der Waals surface area contributed by atoms with Crippen LogP contribution in [0, 0.1) is 0 Å². The van der Waals surface area contributed by atoms with Gasteiger partial charge in [-0.2, -0.15) is 4.37 Å². The highest BCUT2D eigenvalue weighted by Gasteiger charge is 2.03. The van der Waals surface area contributed by atoms with Crippen molar-refractivity contribution >= 4 is 27.6 Å². The van der Waals surface area contributed by atoms with Crippen molar-refractivity contribution < 1.29 is 0 Å². The molecule has 74 valence electrons. The van der Waals surface area contributed by atoms with Crippen LogP contribution in [0.3, 0.4) is 0 Å². The van der Waals surface area contributed by atoms with Gasteiger partial charge in [0.2, 0.25) is 0 Å². The highest BCUT2D eigenvalue weighted by atomic mass is 32.1. The van der Waals surface area contributed by atoms with Crippen LogP contribution < -0.4 is 10.6 Å². The molecule has 0 aliphatic heterocycles. The van der Waals surface area contributed by atoms with E-state index >= 15 is 0 Å². The van der Waals surface area contributed by atoms with Crippen LogP contribution >= 0.6 is 11.5 Å². The third kappa shape index (κ3) is 1.69. The topological polar surface area (TPSA) is 55.0 Å². The van der Waals surface area contributed by atoms with Gasteiger partial charge in [-0.15, -0.1) is 0 Å². The van der Waals surface area contributed by atoms with Crippen molar-refractivity contribution in [3.8, 4) is 0 Å². The summed E-state index contributed by atoms with van der Waals surface area (Å²) in [6.07, 6.45) is 1.83. The number of hydrogen-bond acceptors (Lipinski definition) is 5. The van der Waals surface area contributed by atoms with Crippen molar-refractivity contribution in [3.63, 3.8) is 0 Å². The number of nitrogens with two attached hydrogens (primary N) is 1. The van der Waals surface area contributed by atoms with E-state index in [2.05, 4.69) is 9.36 Å². The Labute approximate surface area is 86.5 Å². The molecule has 0 saturated carbocycles. The van der Waals surface area contributed by atoms with Crippen LogP contribution in [-0.2, 0) is 0 Å². The molecule has 0 unspecified atom stereocenters. The Kier molecular flexibility index (Phi) is 2.60. The smallest absolute Gasteiger partial charge is 0.145 e. The van der Waals surface area contributed by atoms with E-state index < -0.39 is 0 Å². The van der Waals surface area contributed by atoms with E-state index in [1.165, 1.54) is 11.5 Å². The lowest BCUT2D eigenvalue weighted by atomic mass is 10.3. The molecule has 0 aromatic carbocycles. The SMILES string of the molecule is CN(CCN)c1ccc2cnsc2n1. The average molecular weight is 208 g/mol. The normalized spacial score (nSPS) is 10.7. The zero-order valence-corrected chi connectivity index (χ0v) is 8.79. The van der Waals surface area contributed by atoms with Gasteiger partial charge in [0.25, 0.3) is 0 Å². The van der Waals surface area contributed by atoms with Crippen LogP contribution in [0.2, 0.25) is 0 Å². The Morgan fingerprint density at radius 1 is 1.50 bits per heavy atom. The second-order valence-corrected chi connectivity index (χ2v) is 3.88. The molecule has 2 heterocycles. The maximum atomic E-state index is 5.48. The molecule has 2 rings (SSSR count). The number of anilines is 1. The monoisotopic (exact) mass is 208 g/mol. The Hall–Kier alpha value is -1.20. The van der Waals surface area contributed by atoms with Crippen molar-refractivity contribution in [1.29, 1.82) is 0 Å². The van der Waals surface area contributed by atoms with Gasteiger partial charge < -0.3 is 10.6 Å². The number of rotatable bonds is 3. The average Bonchev–Trinajstić information content (AvgIpc) is 2.64. The van der Waals surface area contributed by atoms with Gasteiger partial charge in [-0.25, -0.2) is 4.98 Å². The van der Waals surface area contributed by atoms with Gasteiger partial charge in [0.1, 0.15) is 10.6 Å². The van der Waals surface area contributed by atoms with Crippen LogP contribution in [0.1, 0.15) is 0 Å². The molecule has 0 atom stereocenters. The minimum Gasteiger partial charge on any atom is -0.358 e. The fraction of sp³-hybridized carbons (Fsp3) is 0.333. The van der Waals surface area contributed by atoms with Gasteiger partial charge in [-0.05, 0) is 23.7 Å². The van der Waals surface area contributed by atoms with Crippen LogP contribution in [-0.4, -0.2) is 29.5 Å². The first kappa shape index (κ1) is 9.36. The summed E-state index contributed by atoms with van der Waals surface area (Å²) in [4.78, 5) is 7.50. The largest absolute Gasteiger partial charge is 0.358 e. The van der Waals surface area contributed by atoms with E-state index in [0.717, 1.165) is 22.6 Å². The molecule has 0 radical (unpaired) electrons. The van der Waals surface area contributed by atoms with E-state index in [-0.39, 0.29) is 0 Å². The van der Waals surface area contributed by atoms with Crippen LogP contribution in [0.25, 0.3) is 10.2 Å². The summed E-state index contributed by atoms with van der Waals surface area (Å²) in [5.41, 5.74) is 5.48. The number of nitrogens with zero attached hydrogens (tertiary/aromatic N) is 3. The van der Waals surface area contributed by atoms with Crippen molar-refractivity contribution in [3.05, 3.63) is 18.3 Å². The Morgan fingerprint density at radius 3 is 3.14 bits per heavy atom. The lowest BCUT2D eigenvalue weighted by molar-refractivity contribution is 0.872. The van der Waals surface area contributed by atoms with Crippen molar-refractivity contribution in [2.24, 2.45) is 5.73 Å². The molecule has 2 N–H and O–H groups in total. The molecule has 0 bridgehead atoms. The molecule has 2 aromatic heterocycles. The predicted molar refractivity (Wildman–Crippen MR) is 59.7 cm³/mol. The summed E-state index contributed by atoms with van der Waals surface area (Å²) < 4.78 is 4.08. The maximum absolute atomic E-state index is 5.48. The first-order valence-corrected chi connectivity index (χ1v) is 5.21. The van der Waals surface area contributed by atoms with E-state index in [0.29, 0.717) is 6.54 Å². The van der Waals surface area contributed by atoms with Gasteiger partial charge >= 0.3 is 0 Å². The minimum atomic E-state index is 0.638. The lowest BCUT2D eigenvalue weighted by Gasteiger charge is -2.16. The molecule has 2 aromatic rings. The number of fused-ring (bicyclic) bond motifs is 1. The number of pyridine rings is 1. The third-order valence-electron chi connectivity index (χ3n) is 2.06. The number of likely N-dealkylation sites (N-methyl/N-ethyl adjacent to an activating group) is 1. The van der Waals surface area contributed by atoms with Gasteiger partial charge in [0, 0.05) is 25.5 Å². The number of hydrogen-bond donors (Lipinski definition) is 1. The molecule has 14 heavy (non-hydrogen) atoms. The Balaban J connectivity index is 2.33. The summed E-state index contributed by atoms with van der Waals surface area (Å²) >= 11 is 1.42. The molecule has 0 fully saturated rings. The molecule has 4 nitrogen and oxygen atoms in total. The molecule has 0 amide bonds. The minimum absolute atomic E-state index is 0.638. The second kappa shape index (κ2) is 3.89. The molecule has 0 aliphatic carbocycles. The third-order valence-corrected chi connectivity index (χ3v) is 2.77. The highest BCUT2D eigenvalue weighted by Crippen LogP contribution is 2.19. The van der Waals surface area contributed by atoms with Crippen molar-refractivity contribution in [2.45, 2.75) is 0 Å². The summed E-state index contributed by atoms with van der Waals surface area (Å²) in [7, 11) is 1.99. The fourth-order valence-electron chi connectivity index (χ4n) is 1.27. The highest BCUT2D eigenvalue weighted by molar-refractivity contribution is 7.12. The molecule has 0 saturated heterocycles. The fourth-order valence-corrected chi connectivity index (χ4v) is 1.89. The first-order chi connectivity index (χ1) is 6.81. The summed E-state index contributed by atoms with van der Waals surface area (Å²) in [5, 5.41) is 1.10. The molecular formula is C9H12N4S. The molecule has 5 heteroatoms. The van der Waals surface area contributed by atoms with Crippen LogP contribution in [0.4, 0.5) is 5.82 Å². The lowest BCUT2D eigenvalue weighted by Crippen LogP contribution is -2.25. The standard InChI is InChI=1S/C9H12N4S/c1-13(5-4-10)8-3-2-7-6-11-14-9(7)12-8/h2-3,6H,4-5,10H2,1H3. The van der Waals surface area contributed by atoms with Gasteiger partial charge in [-0.3, -0.25) is 0 Å². The van der Waals surface area contributed by atoms with E-state index in [1.807, 2.05) is 30.3 Å². The second-order valence-electron chi connectivity index (χ2n) is 3.10. The van der Waals surface area contributed by atoms with Crippen LogP contribution in [0.15, 0.2) is 18.3 Å². The summed E-state index contributed by atoms with van der Waals surface area (Å²) in [6.45, 7) is 1.45. The molecule has 0 spiro atoms. The maximum Gasteiger partial charge on any atom is 0.145 e. The van der Waals surface area contributed by atoms with Gasteiger partial charge in [0.05, 0.1) is 6.20 Å². The zero-order valence-electron chi connectivity index (χ0n) is 7.97. The Bertz CT molecular complexity index is 425. The summed E-state index contributed by atoms with van der Waals surface area (Å²) in [6, 6.07) is 4.03. The molecule has 0 aliphatic rings. The zero-order chi connectivity index (χ0) is 9.97.